The van der Waals surface area contributed by atoms with Crippen molar-refractivity contribution in [1.29, 1.82) is 0 Å². The molecule has 0 unspecified atom stereocenters. The van der Waals surface area contributed by atoms with E-state index in [9.17, 15) is 5.11 Å². The van der Waals surface area contributed by atoms with Crippen molar-refractivity contribution in [2.75, 3.05) is 19.6 Å². The maximum atomic E-state index is 9.75. The summed E-state index contributed by atoms with van der Waals surface area (Å²) >= 11 is 0. The minimum atomic E-state index is 0.273. The van der Waals surface area contributed by atoms with Crippen molar-refractivity contribution in [3.05, 3.63) is 23.9 Å². The highest BCUT2D eigenvalue weighted by atomic mass is 16.3. The third-order valence-corrected chi connectivity index (χ3v) is 3.46. The Bertz CT molecular complexity index is 515. The third kappa shape index (κ3) is 3.26. The standard InChI is InChI=1S/C15H23N3O/c1-3-8-18(9-4-2)10-7-12-5-6-14(19)15-13(12)11-16-17-15/h5-6,11,19H,3-4,7-10H2,1-2H3,(H,16,17). The summed E-state index contributed by atoms with van der Waals surface area (Å²) in [6.07, 6.45) is 5.18. The minimum absolute atomic E-state index is 0.273. The molecule has 4 nitrogen and oxygen atoms in total. The molecular formula is C15H23N3O. The zero-order chi connectivity index (χ0) is 13.7. The lowest BCUT2D eigenvalue weighted by atomic mass is 10.1. The number of phenols is 1. The summed E-state index contributed by atoms with van der Waals surface area (Å²) in [5.41, 5.74) is 1.99. The Labute approximate surface area is 114 Å². The number of H-pyrrole nitrogens is 1. The molecule has 1 aromatic heterocycles. The molecule has 0 aliphatic heterocycles. The van der Waals surface area contributed by atoms with Gasteiger partial charge >= 0.3 is 0 Å². The van der Waals surface area contributed by atoms with Crippen LogP contribution in [0.1, 0.15) is 32.3 Å². The number of aromatic nitrogens is 2. The Balaban J connectivity index is 2.08. The van der Waals surface area contributed by atoms with Gasteiger partial charge in [0.15, 0.2) is 0 Å². The summed E-state index contributed by atoms with van der Waals surface area (Å²) in [5, 5.41) is 17.7. The van der Waals surface area contributed by atoms with Crippen LogP contribution >= 0.6 is 0 Å². The Kier molecular flexibility index (Phi) is 4.80. The van der Waals surface area contributed by atoms with E-state index in [-0.39, 0.29) is 5.75 Å². The van der Waals surface area contributed by atoms with Crippen molar-refractivity contribution in [2.45, 2.75) is 33.1 Å². The molecule has 2 rings (SSSR count). The summed E-state index contributed by atoms with van der Waals surface area (Å²) in [4.78, 5) is 2.50. The number of phenolic OH excluding ortho intramolecular Hbond substituents is 1. The molecule has 0 aliphatic carbocycles. The Morgan fingerprint density at radius 2 is 1.89 bits per heavy atom. The van der Waals surface area contributed by atoms with E-state index in [4.69, 9.17) is 0 Å². The zero-order valence-electron chi connectivity index (χ0n) is 11.8. The second-order valence-corrected chi connectivity index (χ2v) is 4.99. The smallest absolute Gasteiger partial charge is 0.141 e. The second-order valence-electron chi connectivity index (χ2n) is 4.99. The van der Waals surface area contributed by atoms with Crippen LogP contribution in [-0.4, -0.2) is 39.8 Å². The van der Waals surface area contributed by atoms with Crippen molar-refractivity contribution in [2.24, 2.45) is 0 Å². The minimum Gasteiger partial charge on any atom is -0.506 e. The van der Waals surface area contributed by atoms with Crippen molar-refractivity contribution >= 4 is 10.9 Å². The van der Waals surface area contributed by atoms with Gasteiger partial charge in [-0.15, -0.1) is 0 Å². The molecule has 0 saturated heterocycles. The summed E-state index contributed by atoms with van der Waals surface area (Å²) < 4.78 is 0. The van der Waals surface area contributed by atoms with Gasteiger partial charge in [0.1, 0.15) is 11.3 Å². The molecular weight excluding hydrogens is 238 g/mol. The topological polar surface area (TPSA) is 52.1 Å². The van der Waals surface area contributed by atoms with Crippen LogP contribution in [0.5, 0.6) is 5.75 Å². The van der Waals surface area contributed by atoms with E-state index in [1.807, 2.05) is 6.07 Å². The number of aromatic amines is 1. The van der Waals surface area contributed by atoms with Gasteiger partial charge in [-0.05, 0) is 44.0 Å². The van der Waals surface area contributed by atoms with Crippen LogP contribution in [0.25, 0.3) is 10.9 Å². The van der Waals surface area contributed by atoms with Crippen LogP contribution in [0.3, 0.4) is 0 Å². The Hall–Kier alpha value is -1.55. The molecule has 0 bridgehead atoms. The lowest BCUT2D eigenvalue weighted by Crippen LogP contribution is -2.27. The predicted molar refractivity (Wildman–Crippen MR) is 78.5 cm³/mol. The first-order valence-corrected chi connectivity index (χ1v) is 7.12. The maximum absolute atomic E-state index is 9.75. The van der Waals surface area contributed by atoms with E-state index in [1.165, 1.54) is 18.4 Å². The molecule has 0 aliphatic rings. The lowest BCUT2D eigenvalue weighted by Gasteiger charge is -2.21. The van der Waals surface area contributed by atoms with E-state index in [0.29, 0.717) is 0 Å². The van der Waals surface area contributed by atoms with Crippen molar-refractivity contribution in [3.8, 4) is 5.75 Å². The van der Waals surface area contributed by atoms with E-state index >= 15 is 0 Å². The fourth-order valence-electron chi connectivity index (χ4n) is 2.54. The molecule has 1 heterocycles. The largest absolute Gasteiger partial charge is 0.506 e. The Morgan fingerprint density at radius 1 is 1.16 bits per heavy atom. The molecule has 0 fully saturated rings. The van der Waals surface area contributed by atoms with Gasteiger partial charge in [0.2, 0.25) is 0 Å². The van der Waals surface area contributed by atoms with Crippen LogP contribution < -0.4 is 0 Å². The monoisotopic (exact) mass is 261 g/mol. The highest BCUT2D eigenvalue weighted by Crippen LogP contribution is 2.25. The van der Waals surface area contributed by atoms with Crippen LogP contribution in [-0.2, 0) is 6.42 Å². The maximum Gasteiger partial charge on any atom is 0.141 e. The predicted octanol–water partition coefficient (Wildman–Crippen LogP) is 2.93. The molecule has 0 atom stereocenters. The van der Waals surface area contributed by atoms with Crippen LogP contribution in [0.4, 0.5) is 0 Å². The number of nitrogens with one attached hydrogen (secondary N) is 1. The van der Waals surface area contributed by atoms with Gasteiger partial charge in [0, 0.05) is 11.9 Å². The molecule has 4 heteroatoms. The van der Waals surface area contributed by atoms with Crippen LogP contribution in [0.2, 0.25) is 0 Å². The molecule has 2 N–H and O–H groups in total. The first-order chi connectivity index (χ1) is 9.26. The van der Waals surface area contributed by atoms with Gasteiger partial charge in [-0.2, -0.15) is 5.10 Å². The van der Waals surface area contributed by atoms with Gasteiger partial charge in [0.05, 0.1) is 6.20 Å². The van der Waals surface area contributed by atoms with E-state index in [1.54, 1.807) is 12.3 Å². The van der Waals surface area contributed by atoms with Gasteiger partial charge < -0.3 is 10.0 Å². The molecule has 0 spiro atoms. The molecule has 0 saturated carbocycles. The summed E-state index contributed by atoms with van der Waals surface area (Å²) in [7, 11) is 0. The molecule has 0 radical (unpaired) electrons. The molecule has 1 aromatic carbocycles. The third-order valence-electron chi connectivity index (χ3n) is 3.46. The average molecular weight is 261 g/mol. The number of hydrogen-bond acceptors (Lipinski definition) is 3. The van der Waals surface area contributed by atoms with E-state index < -0.39 is 0 Å². The fourth-order valence-corrected chi connectivity index (χ4v) is 2.54. The van der Waals surface area contributed by atoms with Gasteiger partial charge in [-0.1, -0.05) is 19.9 Å². The Morgan fingerprint density at radius 3 is 2.58 bits per heavy atom. The quantitative estimate of drug-likeness (QED) is 0.805. The highest BCUT2D eigenvalue weighted by Gasteiger charge is 2.09. The molecule has 104 valence electrons. The number of aromatic hydroxyl groups is 1. The van der Waals surface area contributed by atoms with Crippen LogP contribution in [0, 0.1) is 0 Å². The normalized spacial score (nSPS) is 11.5. The summed E-state index contributed by atoms with van der Waals surface area (Å²) in [6.45, 7) is 7.81. The molecule has 2 aromatic rings. The van der Waals surface area contributed by atoms with E-state index in [2.05, 4.69) is 28.9 Å². The van der Waals surface area contributed by atoms with Crippen molar-refractivity contribution in [3.63, 3.8) is 0 Å². The average Bonchev–Trinajstić information content (AvgIpc) is 2.88. The van der Waals surface area contributed by atoms with Gasteiger partial charge in [-0.3, -0.25) is 5.10 Å². The fraction of sp³-hybridized carbons (Fsp3) is 0.533. The number of fused-ring (bicyclic) bond motifs is 1. The first kappa shape index (κ1) is 13.9. The summed E-state index contributed by atoms with van der Waals surface area (Å²) in [6, 6.07) is 3.75. The van der Waals surface area contributed by atoms with Crippen LogP contribution in [0.15, 0.2) is 18.3 Å². The van der Waals surface area contributed by atoms with E-state index in [0.717, 1.165) is 37.0 Å². The number of benzene rings is 1. The highest BCUT2D eigenvalue weighted by molar-refractivity contribution is 5.86. The second kappa shape index (κ2) is 6.57. The SMILES string of the molecule is CCCN(CCC)CCc1ccc(O)c2[nH]ncc12. The van der Waals surface area contributed by atoms with Gasteiger partial charge in [0.25, 0.3) is 0 Å². The summed E-state index contributed by atoms with van der Waals surface area (Å²) in [5.74, 6) is 0.273. The molecule has 0 amide bonds. The van der Waals surface area contributed by atoms with Crippen molar-refractivity contribution < 1.29 is 5.11 Å². The molecule has 19 heavy (non-hydrogen) atoms. The zero-order valence-corrected chi connectivity index (χ0v) is 11.8. The lowest BCUT2D eigenvalue weighted by molar-refractivity contribution is 0.278. The van der Waals surface area contributed by atoms with Gasteiger partial charge in [-0.25, -0.2) is 0 Å². The first-order valence-electron chi connectivity index (χ1n) is 7.12. The number of nitrogens with zero attached hydrogens (tertiary/aromatic N) is 2. The van der Waals surface area contributed by atoms with Crippen molar-refractivity contribution in [1.82, 2.24) is 15.1 Å². The number of rotatable bonds is 7. The number of hydrogen-bond donors (Lipinski definition) is 2.